The standard InChI is InChI=1S/C39H24FN5/c40-27-19-21-28(22-20-27)44-33-18-10-8-16-31(33)35-34(44)24-23-30-29-15-7-9-17-32(29)45(36(30)35)39-42-37(25-11-3-1-4-12-25)41-38(43-39)26-13-5-2-6-14-26/h1-24H. The zero-order valence-electron chi connectivity index (χ0n) is 24.0. The van der Waals surface area contributed by atoms with Crippen molar-refractivity contribution in [1.82, 2.24) is 24.1 Å². The summed E-state index contributed by atoms with van der Waals surface area (Å²) >= 11 is 0. The minimum absolute atomic E-state index is 0.264. The van der Waals surface area contributed by atoms with E-state index in [9.17, 15) is 4.39 Å². The van der Waals surface area contributed by atoms with Gasteiger partial charge in [0.1, 0.15) is 5.82 Å². The molecule has 0 unspecified atom stereocenters. The Kier molecular flexibility index (Phi) is 5.62. The number of hydrogen-bond donors (Lipinski definition) is 0. The van der Waals surface area contributed by atoms with E-state index in [0.717, 1.165) is 60.4 Å². The number of nitrogens with zero attached hydrogens (tertiary/aromatic N) is 5. The maximum absolute atomic E-state index is 14.0. The zero-order chi connectivity index (χ0) is 29.9. The quantitative estimate of drug-likeness (QED) is 0.208. The molecule has 45 heavy (non-hydrogen) atoms. The molecule has 6 heteroatoms. The van der Waals surface area contributed by atoms with Crippen LogP contribution in [0.15, 0.2) is 146 Å². The molecule has 0 bridgehead atoms. The van der Waals surface area contributed by atoms with Crippen molar-refractivity contribution in [3.63, 3.8) is 0 Å². The van der Waals surface area contributed by atoms with E-state index < -0.39 is 0 Å². The summed E-state index contributed by atoms with van der Waals surface area (Å²) in [6.07, 6.45) is 0. The monoisotopic (exact) mass is 581 g/mol. The first kappa shape index (κ1) is 25.4. The topological polar surface area (TPSA) is 48.5 Å². The molecule has 0 saturated carbocycles. The van der Waals surface area contributed by atoms with Crippen LogP contribution in [0.1, 0.15) is 0 Å². The van der Waals surface area contributed by atoms with Crippen molar-refractivity contribution in [2.45, 2.75) is 0 Å². The van der Waals surface area contributed by atoms with Gasteiger partial charge in [-0.1, -0.05) is 103 Å². The van der Waals surface area contributed by atoms with Gasteiger partial charge in [-0.25, -0.2) is 9.37 Å². The van der Waals surface area contributed by atoms with Gasteiger partial charge in [0, 0.05) is 38.4 Å². The van der Waals surface area contributed by atoms with Crippen molar-refractivity contribution < 1.29 is 4.39 Å². The van der Waals surface area contributed by atoms with Crippen LogP contribution in [0.5, 0.6) is 0 Å². The third-order valence-electron chi connectivity index (χ3n) is 8.44. The summed E-state index contributed by atoms with van der Waals surface area (Å²) in [7, 11) is 0. The van der Waals surface area contributed by atoms with E-state index in [2.05, 4.69) is 57.7 Å². The number of benzene rings is 6. The fourth-order valence-corrected chi connectivity index (χ4v) is 6.48. The Balaban J connectivity index is 1.45. The molecule has 9 aromatic rings. The summed E-state index contributed by atoms with van der Waals surface area (Å²) in [5, 5.41) is 4.37. The van der Waals surface area contributed by atoms with Crippen LogP contribution < -0.4 is 0 Å². The van der Waals surface area contributed by atoms with E-state index in [4.69, 9.17) is 15.0 Å². The van der Waals surface area contributed by atoms with Crippen molar-refractivity contribution in [3.8, 4) is 34.4 Å². The minimum Gasteiger partial charge on any atom is -0.309 e. The van der Waals surface area contributed by atoms with Gasteiger partial charge in [0.15, 0.2) is 11.6 Å². The summed E-state index contributed by atoms with van der Waals surface area (Å²) in [5.74, 6) is 1.48. The number of fused-ring (bicyclic) bond motifs is 7. The lowest BCUT2D eigenvalue weighted by Gasteiger charge is -2.11. The maximum Gasteiger partial charge on any atom is 0.238 e. The third kappa shape index (κ3) is 3.96. The first-order chi connectivity index (χ1) is 22.2. The number of hydrogen-bond acceptors (Lipinski definition) is 3. The van der Waals surface area contributed by atoms with Crippen LogP contribution in [0.4, 0.5) is 4.39 Å². The van der Waals surface area contributed by atoms with Gasteiger partial charge in [0.05, 0.1) is 22.1 Å². The van der Waals surface area contributed by atoms with Crippen LogP contribution in [0, 0.1) is 5.82 Å². The SMILES string of the molecule is Fc1ccc(-n2c3ccccc3c3c2ccc2c4ccccc4n(-c4nc(-c5ccccc5)nc(-c5ccccc5)n4)c23)cc1. The molecule has 0 saturated heterocycles. The van der Waals surface area contributed by atoms with E-state index in [0.29, 0.717) is 17.6 Å². The van der Waals surface area contributed by atoms with Gasteiger partial charge in [-0.05, 0) is 42.5 Å². The molecule has 0 aliphatic carbocycles. The summed E-state index contributed by atoms with van der Waals surface area (Å²) in [4.78, 5) is 15.2. The van der Waals surface area contributed by atoms with Gasteiger partial charge in [0.25, 0.3) is 0 Å². The van der Waals surface area contributed by atoms with Crippen LogP contribution in [0.3, 0.4) is 0 Å². The van der Waals surface area contributed by atoms with Gasteiger partial charge in [-0.3, -0.25) is 4.57 Å². The molecule has 0 N–H and O–H groups in total. The molecule has 0 radical (unpaired) electrons. The largest absolute Gasteiger partial charge is 0.309 e. The Morgan fingerprint density at radius 1 is 0.422 bits per heavy atom. The predicted molar refractivity (Wildman–Crippen MR) is 179 cm³/mol. The molecule has 212 valence electrons. The first-order valence-electron chi connectivity index (χ1n) is 14.8. The van der Waals surface area contributed by atoms with Gasteiger partial charge in [0.2, 0.25) is 5.95 Å². The van der Waals surface area contributed by atoms with Crippen molar-refractivity contribution >= 4 is 43.6 Å². The van der Waals surface area contributed by atoms with Crippen LogP contribution in [-0.4, -0.2) is 24.1 Å². The van der Waals surface area contributed by atoms with Crippen molar-refractivity contribution in [1.29, 1.82) is 0 Å². The summed E-state index contributed by atoms with van der Waals surface area (Å²) in [6.45, 7) is 0. The molecule has 0 atom stereocenters. The predicted octanol–water partition coefficient (Wildman–Crippen LogP) is 9.54. The number of halogens is 1. The summed E-state index contributed by atoms with van der Waals surface area (Å²) in [6, 6.07) is 47.8. The molecule has 3 aromatic heterocycles. The van der Waals surface area contributed by atoms with E-state index in [1.807, 2.05) is 84.9 Å². The average Bonchev–Trinajstić information content (AvgIpc) is 3.62. The fraction of sp³-hybridized carbons (Fsp3) is 0. The van der Waals surface area contributed by atoms with Crippen LogP contribution in [0.2, 0.25) is 0 Å². The van der Waals surface area contributed by atoms with E-state index in [-0.39, 0.29) is 5.82 Å². The number of aromatic nitrogens is 5. The molecule has 9 rings (SSSR count). The Labute approximate surface area is 257 Å². The van der Waals surface area contributed by atoms with Crippen molar-refractivity contribution in [2.24, 2.45) is 0 Å². The summed E-state index contributed by atoms with van der Waals surface area (Å²) < 4.78 is 18.4. The van der Waals surface area contributed by atoms with Crippen LogP contribution in [0.25, 0.3) is 78.0 Å². The Morgan fingerprint density at radius 3 is 1.62 bits per heavy atom. The Hall–Kier alpha value is -6.14. The molecule has 0 fully saturated rings. The normalized spacial score (nSPS) is 11.7. The van der Waals surface area contributed by atoms with Gasteiger partial charge >= 0.3 is 0 Å². The molecular formula is C39H24FN5. The maximum atomic E-state index is 14.0. The second-order valence-electron chi connectivity index (χ2n) is 11.1. The highest BCUT2D eigenvalue weighted by Gasteiger charge is 2.23. The fourth-order valence-electron chi connectivity index (χ4n) is 6.48. The highest BCUT2D eigenvalue weighted by atomic mass is 19.1. The minimum atomic E-state index is -0.264. The first-order valence-corrected chi connectivity index (χ1v) is 14.8. The van der Waals surface area contributed by atoms with E-state index >= 15 is 0 Å². The number of rotatable bonds is 4. The van der Waals surface area contributed by atoms with Crippen molar-refractivity contribution in [2.75, 3.05) is 0 Å². The molecule has 0 aliphatic rings. The second-order valence-corrected chi connectivity index (χ2v) is 11.1. The zero-order valence-corrected chi connectivity index (χ0v) is 24.0. The Morgan fingerprint density at radius 2 is 0.978 bits per heavy atom. The van der Waals surface area contributed by atoms with Gasteiger partial charge in [-0.15, -0.1) is 0 Å². The molecule has 5 nitrogen and oxygen atoms in total. The number of para-hydroxylation sites is 2. The lowest BCUT2D eigenvalue weighted by molar-refractivity contribution is 0.627. The Bertz CT molecular complexity index is 2470. The lowest BCUT2D eigenvalue weighted by Crippen LogP contribution is -2.06. The van der Waals surface area contributed by atoms with Crippen LogP contribution >= 0.6 is 0 Å². The molecular weight excluding hydrogens is 557 g/mol. The second kappa shape index (κ2) is 9.96. The van der Waals surface area contributed by atoms with E-state index in [1.54, 1.807) is 0 Å². The third-order valence-corrected chi connectivity index (χ3v) is 8.44. The van der Waals surface area contributed by atoms with Crippen LogP contribution in [-0.2, 0) is 0 Å². The molecule has 0 spiro atoms. The smallest absolute Gasteiger partial charge is 0.238 e. The molecule has 6 aromatic carbocycles. The van der Waals surface area contributed by atoms with Gasteiger partial charge in [-0.2, -0.15) is 9.97 Å². The molecule has 0 aliphatic heterocycles. The van der Waals surface area contributed by atoms with E-state index in [1.165, 1.54) is 12.1 Å². The lowest BCUT2D eigenvalue weighted by atomic mass is 10.1. The van der Waals surface area contributed by atoms with Gasteiger partial charge < -0.3 is 4.57 Å². The molecule has 3 heterocycles. The summed E-state index contributed by atoms with van der Waals surface area (Å²) in [5.41, 5.74) is 6.78. The highest BCUT2D eigenvalue weighted by Crippen LogP contribution is 2.41. The average molecular weight is 582 g/mol. The van der Waals surface area contributed by atoms with Crippen molar-refractivity contribution in [3.05, 3.63) is 151 Å². The molecule has 0 amide bonds. The highest BCUT2D eigenvalue weighted by molar-refractivity contribution is 6.26.